The zero-order valence-electron chi connectivity index (χ0n) is 11.1. The molecule has 0 amide bonds. The molecule has 0 saturated carbocycles. The maximum atomic E-state index is 13.6. The molecule has 6 heteroatoms. The lowest BCUT2D eigenvalue weighted by atomic mass is 10.1. The number of benzene rings is 1. The lowest BCUT2D eigenvalue weighted by Crippen LogP contribution is -2.11. The van der Waals surface area contributed by atoms with Gasteiger partial charge in [0.2, 0.25) is 0 Å². The van der Waals surface area contributed by atoms with Gasteiger partial charge in [0.15, 0.2) is 5.78 Å². The van der Waals surface area contributed by atoms with E-state index < -0.39 is 17.4 Å². The molecule has 0 aliphatic rings. The van der Waals surface area contributed by atoms with E-state index in [1.54, 1.807) is 4.68 Å². The number of hydrogen-bond acceptors (Lipinski definition) is 2. The molecule has 1 heterocycles. The highest BCUT2D eigenvalue weighted by Crippen LogP contribution is 2.23. The van der Waals surface area contributed by atoms with E-state index in [-0.39, 0.29) is 12.0 Å². The Hall–Kier alpha value is -1.56. The molecule has 0 aliphatic heterocycles. The van der Waals surface area contributed by atoms with Gasteiger partial charge >= 0.3 is 0 Å². The van der Waals surface area contributed by atoms with Crippen LogP contribution in [0.5, 0.6) is 0 Å². The van der Waals surface area contributed by atoms with Crippen LogP contribution in [0.15, 0.2) is 22.7 Å². The number of hydrogen-bond donors (Lipinski definition) is 0. The Kier molecular flexibility index (Phi) is 4.32. The Morgan fingerprint density at radius 2 is 2.10 bits per heavy atom. The van der Waals surface area contributed by atoms with Crippen molar-refractivity contribution in [3.63, 3.8) is 0 Å². The summed E-state index contributed by atoms with van der Waals surface area (Å²) in [7, 11) is 0. The summed E-state index contributed by atoms with van der Waals surface area (Å²) >= 11 is 3.38. The molecule has 0 radical (unpaired) electrons. The predicted molar refractivity (Wildman–Crippen MR) is 74.7 cm³/mol. The van der Waals surface area contributed by atoms with Crippen LogP contribution in [-0.2, 0) is 13.0 Å². The van der Waals surface area contributed by atoms with E-state index in [0.717, 1.165) is 16.2 Å². The van der Waals surface area contributed by atoms with Crippen LogP contribution in [0.25, 0.3) is 0 Å². The Labute approximate surface area is 123 Å². The van der Waals surface area contributed by atoms with E-state index in [0.29, 0.717) is 18.3 Å². The van der Waals surface area contributed by atoms with Crippen molar-refractivity contribution in [3.8, 4) is 0 Å². The Bertz CT molecular complexity index is 667. The summed E-state index contributed by atoms with van der Waals surface area (Å²) in [5, 5.41) is 4.28. The lowest BCUT2D eigenvalue weighted by molar-refractivity contribution is 0.0986. The molecule has 0 N–H and O–H groups in total. The maximum absolute atomic E-state index is 13.6. The minimum Gasteiger partial charge on any atom is -0.294 e. The zero-order valence-corrected chi connectivity index (χ0v) is 12.7. The van der Waals surface area contributed by atoms with Crippen molar-refractivity contribution < 1.29 is 13.6 Å². The average Bonchev–Trinajstić information content (AvgIpc) is 2.66. The quantitative estimate of drug-likeness (QED) is 0.794. The standard InChI is InChI=1S/C14H13BrF2N2O/c1-3-19-12(14(15)8(2)18-19)7-13(20)10-5-4-9(16)6-11(10)17/h4-6H,3,7H2,1-2H3. The molecular weight excluding hydrogens is 330 g/mol. The Morgan fingerprint density at radius 3 is 2.70 bits per heavy atom. The number of aromatic nitrogens is 2. The van der Waals surface area contributed by atoms with Crippen LogP contribution < -0.4 is 0 Å². The number of nitrogens with zero attached hydrogens (tertiary/aromatic N) is 2. The molecule has 0 saturated heterocycles. The molecule has 0 bridgehead atoms. The first kappa shape index (κ1) is 14.8. The highest BCUT2D eigenvalue weighted by atomic mass is 79.9. The first-order chi connectivity index (χ1) is 9.43. The van der Waals surface area contributed by atoms with Crippen LogP contribution in [0.1, 0.15) is 28.7 Å². The van der Waals surface area contributed by atoms with Gasteiger partial charge in [0.1, 0.15) is 11.6 Å². The third-order valence-electron chi connectivity index (χ3n) is 3.01. The zero-order chi connectivity index (χ0) is 14.9. The minimum atomic E-state index is -0.842. The predicted octanol–water partition coefficient (Wildman–Crippen LogP) is 3.68. The SMILES string of the molecule is CCn1nc(C)c(Br)c1CC(=O)c1ccc(F)cc1F. The van der Waals surface area contributed by atoms with Gasteiger partial charge in [-0.2, -0.15) is 5.10 Å². The summed E-state index contributed by atoms with van der Waals surface area (Å²) in [6, 6.07) is 2.96. The van der Waals surface area contributed by atoms with Gasteiger partial charge in [-0.15, -0.1) is 0 Å². The van der Waals surface area contributed by atoms with Gasteiger partial charge in [0.05, 0.1) is 27.8 Å². The lowest BCUT2D eigenvalue weighted by Gasteiger charge is -2.06. The molecule has 1 aromatic heterocycles. The Balaban J connectivity index is 2.32. The summed E-state index contributed by atoms with van der Waals surface area (Å²) in [6.45, 7) is 4.34. The molecule has 2 rings (SSSR count). The van der Waals surface area contributed by atoms with E-state index in [2.05, 4.69) is 21.0 Å². The van der Waals surface area contributed by atoms with Gasteiger partial charge in [-0.25, -0.2) is 8.78 Å². The fourth-order valence-corrected chi connectivity index (χ4v) is 2.42. The fourth-order valence-electron chi connectivity index (χ4n) is 2.00. The number of Topliss-reactive ketones (excluding diaryl/α,β-unsaturated/α-hetero) is 1. The van der Waals surface area contributed by atoms with Crippen LogP contribution in [0.2, 0.25) is 0 Å². The van der Waals surface area contributed by atoms with E-state index in [9.17, 15) is 13.6 Å². The van der Waals surface area contributed by atoms with Gasteiger partial charge < -0.3 is 0 Å². The van der Waals surface area contributed by atoms with Crippen molar-refractivity contribution in [1.82, 2.24) is 9.78 Å². The number of ketones is 1. The molecule has 0 fully saturated rings. The van der Waals surface area contributed by atoms with Crippen LogP contribution in [0, 0.1) is 18.6 Å². The number of carbonyl (C=O) groups excluding carboxylic acids is 1. The molecule has 20 heavy (non-hydrogen) atoms. The molecule has 0 unspecified atom stereocenters. The van der Waals surface area contributed by atoms with E-state index >= 15 is 0 Å². The molecule has 1 aromatic carbocycles. The second-order valence-electron chi connectivity index (χ2n) is 4.39. The number of aryl methyl sites for hydroxylation is 2. The van der Waals surface area contributed by atoms with Gasteiger partial charge in [0, 0.05) is 12.6 Å². The molecule has 0 spiro atoms. The summed E-state index contributed by atoms with van der Waals surface area (Å²) < 4.78 is 28.9. The summed E-state index contributed by atoms with van der Waals surface area (Å²) in [5.74, 6) is -1.95. The molecular formula is C14H13BrF2N2O. The number of carbonyl (C=O) groups is 1. The minimum absolute atomic E-state index is 0.0117. The van der Waals surface area contributed by atoms with Gasteiger partial charge in [0.25, 0.3) is 0 Å². The van der Waals surface area contributed by atoms with Gasteiger partial charge in [-0.1, -0.05) is 0 Å². The molecule has 106 valence electrons. The highest BCUT2D eigenvalue weighted by Gasteiger charge is 2.19. The van der Waals surface area contributed by atoms with Crippen molar-refractivity contribution in [2.75, 3.05) is 0 Å². The van der Waals surface area contributed by atoms with Crippen LogP contribution in [-0.4, -0.2) is 15.6 Å². The molecule has 0 atom stereocenters. The first-order valence-corrected chi connectivity index (χ1v) is 6.93. The summed E-state index contributed by atoms with van der Waals surface area (Å²) in [6.07, 6.45) is 0.0117. The van der Waals surface area contributed by atoms with Crippen molar-refractivity contribution in [3.05, 3.63) is 51.3 Å². The number of rotatable bonds is 4. The van der Waals surface area contributed by atoms with Crippen LogP contribution in [0.3, 0.4) is 0 Å². The largest absolute Gasteiger partial charge is 0.294 e. The van der Waals surface area contributed by atoms with Crippen molar-refractivity contribution >= 4 is 21.7 Å². The van der Waals surface area contributed by atoms with E-state index in [1.165, 1.54) is 6.07 Å². The van der Waals surface area contributed by atoms with Crippen molar-refractivity contribution in [1.29, 1.82) is 0 Å². The topological polar surface area (TPSA) is 34.9 Å². The van der Waals surface area contributed by atoms with Crippen LogP contribution >= 0.6 is 15.9 Å². The Morgan fingerprint density at radius 1 is 1.40 bits per heavy atom. The molecule has 2 aromatic rings. The first-order valence-electron chi connectivity index (χ1n) is 6.14. The maximum Gasteiger partial charge on any atom is 0.171 e. The fraction of sp³-hybridized carbons (Fsp3) is 0.286. The normalized spacial score (nSPS) is 10.8. The second-order valence-corrected chi connectivity index (χ2v) is 5.18. The van der Waals surface area contributed by atoms with Gasteiger partial charge in [-0.3, -0.25) is 9.48 Å². The molecule has 3 nitrogen and oxygen atoms in total. The second kappa shape index (κ2) is 5.83. The van der Waals surface area contributed by atoms with Crippen molar-refractivity contribution in [2.24, 2.45) is 0 Å². The number of halogens is 3. The highest BCUT2D eigenvalue weighted by molar-refractivity contribution is 9.10. The third-order valence-corrected chi connectivity index (χ3v) is 4.04. The third kappa shape index (κ3) is 2.80. The monoisotopic (exact) mass is 342 g/mol. The average molecular weight is 343 g/mol. The van der Waals surface area contributed by atoms with E-state index in [1.807, 2.05) is 13.8 Å². The molecule has 0 aliphatic carbocycles. The summed E-state index contributed by atoms with van der Waals surface area (Å²) in [4.78, 5) is 12.2. The van der Waals surface area contributed by atoms with E-state index in [4.69, 9.17) is 0 Å². The van der Waals surface area contributed by atoms with Gasteiger partial charge in [-0.05, 0) is 41.9 Å². The smallest absolute Gasteiger partial charge is 0.171 e. The van der Waals surface area contributed by atoms with Crippen molar-refractivity contribution in [2.45, 2.75) is 26.8 Å². The summed E-state index contributed by atoms with van der Waals surface area (Å²) in [5.41, 5.74) is 1.35. The van der Waals surface area contributed by atoms with Crippen LogP contribution in [0.4, 0.5) is 8.78 Å².